The Balaban J connectivity index is 1.54. The van der Waals surface area contributed by atoms with E-state index >= 15 is 0 Å². The number of rotatable bonds is 6. The van der Waals surface area contributed by atoms with Crippen molar-refractivity contribution in [3.05, 3.63) is 46.5 Å². The molecule has 0 aromatic carbocycles. The number of aromatic nitrogens is 5. The second-order valence-corrected chi connectivity index (χ2v) is 6.28. The molecule has 3 rings (SSSR count). The Morgan fingerprint density at radius 2 is 2.17 bits per heavy atom. The monoisotopic (exact) mass is 343 g/mol. The highest BCUT2D eigenvalue weighted by Crippen LogP contribution is 2.25. The van der Waals surface area contributed by atoms with Crippen LogP contribution in [-0.2, 0) is 11.2 Å². The molecule has 1 N–H and O–H groups in total. The zero-order chi connectivity index (χ0) is 16.9. The van der Waals surface area contributed by atoms with Gasteiger partial charge in [-0.25, -0.2) is 14.8 Å². The van der Waals surface area contributed by atoms with Crippen LogP contribution in [0.5, 0.6) is 0 Å². The van der Waals surface area contributed by atoms with Gasteiger partial charge in [0.1, 0.15) is 11.2 Å². The summed E-state index contributed by atoms with van der Waals surface area (Å²) >= 11 is 1.25. The average Bonchev–Trinajstić information content (AvgIpc) is 3.21. The first-order chi connectivity index (χ1) is 11.6. The first-order valence-corrected chi connectivity index (χ1v) is 8.38. The fraction of sp³-hybridized carbons (Fsp3) is 0.312. The van der Waals surface area contributed by atoms with Gasteiger partial charge < -0.3 is 4.74 Å². The number of ether oxygens (including phenoxy) is 1. The fourth-order valence-electron chi connectivity index (χ4n) is 2.22. The van der Waals surface area contributed by atoms with Crippen LogP contribution < -0.4 is 0 Å². The number of nitrogens with zero attached hydrogens (tertiary/aromatic N) is 4. The van der Waals surface area contributed by atoms with Crippen molar-refractivity contribution in [2.45, 2.75) is 26.7 Å². The van der Waals surface area contributed by atoms with Crippen molar-refractivity contribution in [3.63, 3.8) is 0 Å². The van der Waals surface area contributed by atoms with Gasteiger partial charge in [0.2, 0.25) is 0 Å². The Hall–Kier alpha value is -2.61. The average molecular weight is 343 g/mol. The van der Waals surface area contributed by atoms with Crippen molar-refractivity contribution in [1.82, 2.24) is 25.1 Å². The van der Waals surface area contributed by atoms with Crippen molar-refractivity contribution < 1.29 is 9.53 Å². The van der Waals surface area contributed by atoms with Crippen LogP contribution in [-0.4, -0.2) is 37.7 Å². The molecule has 0 radical (unpaired) electrons. The number of hydrogen-bond acceptors (Lipinski definition) is 7. The lowest BCUT2D eigenvalue weighted by Crippen LogP contribution is -2.07. The number of aromatic amines is 1. The Bertz CT molecular complexity index is 829. The zero-order valence-corrected chi connectivity index (χ0v) is 14.3. The van der Waals surface area contributed by atoms with Gasteiger partial charge in [-0.1, -0.05) is 6.07 Å². The number of carbonyl (C=O) groups excluding carboxylic acids is 1. The SMILES string of the molecule is Cc1cccc(CCCOC(=O)c2sc(-c3ncn[nH]3)nc2C)n1. The molecule has 124 valence electrons. The van der Waals surface area contributed by atoms with Gasteiger partial charge in [0.15, 0.2) is 10.8 Å². The topological polar surface area (TPSA) is 93.7 Å². The molecule has 0 atom stereocenters. The van der Waals surface area contributed by atoms with E-state index in [1.165, 1.54) is 17.7 Å². The summed E-state index contributed by atoms with van der Waals surface area (Å²) in [6.07, 6.45) is 2.92. The molecule has 7 nitrogen and oxygen atoms in total. The van der Waals surface area contributed by atoms with E-state index in [9.17, 15) is 4.79 Å². The van der Waals surface area contributed by atoms with Gasteiger partial charge in [0.05, 0.1) is 12.3 Å². The van der Waals surface area contributed by atoms with Gasteiger partial charge in [-0.15, -0.1) is 11.3 Å². The molecule has 0 bridgehead atoms. The van der Waals surface area contributed by atoms with Crippen LogP contribution in [0.4, 0.5) is 0 Å². The lowest BCUT2D eigenvalue weighted by molar-refractivity contribution is 0.0505. The lowest BCUT2D eigenvalue weighted by atomic mass is 10.2. The van der Waals surface area contributed by atoms with Crippen LogP contribution >= 0.6 is 11.3 Å². The molecule has 0 saturated heterocycles. The second kappa shape index (κ2) is 7.31. The summed E-state index contributed by atoms with van der Waals surface area (Å²) < 4.78 is 5.35. The Morgan fingerprint density at radius 3 is 2.92 bits per heavy atom. The molecule has 3 heterocycles. The predicted molar refractivity (Wildman–Crippen MR) is 89.8 cm³/mol. The van der Waals surface area contributed by atoms with Crippen molar-refractivity contribution in [3.8, 4) is 10.8 Å². The molecule has 0 aliphatic carbocycles. The van der Waals surface area contributed by atoms with Crippen LogP contribution in [0.25, 0.3) is 10.8 Å². The molecule has 0 amide bonds. The Labute approximate surface area is 143 Å². The molecule has 8 heteroatoms. The third-order valence-corrected chi connectivity index (χ3v) is 4.50. The van der Waals surface area contributed by atoms with Crippen LogP contribution in [0.15, 0.2) is 24.5 Å². The molecule has 0 saturated carbocycles. The van der Waals surface area contributed by atoms with Gasteiger partial charge in [-0.05, 0) is 38.8 Å². The highest BCUT2D eigenvalue weighted by atomic mass is 32.1. The van der Waals surface area contributed by atoms with E-state index in [4.69, 9.17) is 4.74 Å². The predicted octanol–water partition coefficient (Wildman–Crippen LogP) is 2.73. The number of H-pyrrole nitrogens is 1. The van der Waals surface area contributed by atoms with Crippen LogP contribution in [0.1, 0.15) is 33.2 Å². The minimum atomic E-state index is -0.354. The van der Waals surface area contributed by atoms with Gasteiger partial charge in [0, 0.05) is 11.4 Å². The van der Waals surface area contributed by atoms with Crippen molar-refractivity contribution in [2.75, 3.05) is 6.61 Å². The largest absolute Gasteiger partial charge is 0.461 e. The van der Waals surface area contributed by atoms with E-state index in [1.54, 1.807) is 6.92 Å². The molecule has 24 heavy (non-hydrogen) atoms. The van der Waals surface area contributed by atoms with Crippen molar-refractivity contribution in [1.29, 1.82) is 0 Å². The third-order valence-electron chi connectivity index (χ3n) is 3.36. The maximum absolute atomic E-state index is 12.2. The van der Waals surface area contributed by atoms with E-state index in [-0.39, 0.29) is 5.97 Å². The van der Waals surface area contributed by atoms with E-state index in [0.717, 1.165) is 24.2 Å². The molecule has 0 aliphatic rings. The summed E-state index contributed by atoms with van der Waals surface area (Å²) in [5.74, 6) is 0.195. The van der Waals surface area contributed by atoms with Gasteiger partial charge in [0.25, 0.3) is 0 Å². The summed E-state index contributed by atoms with van der Waals surface area (Å²) in [6, 6.07) is 5.92. The molecular formula is C16H17N5O2S. The fourth-order valence-corrected chi connectivity index (χ4v) is 3.12. The van der Waals surface area contributed by atoms with E-state index < -0.39 is 0 Å². The molecule has 0 unspecified atom stereocenters. The second-order valence-electron chi connectivity index (χ2n) is 5.28. The highest BCUT2D eigenvalue weighted by Gasteiger charge is 2.18. The smallest absolute Gasteiger partial charge is 0.350 e. The molecule has 3 aromatic rings. The number of aryl methyl sites for hydroxylation is 3. The molecule has 0 aliphatic heterocycles. The normalized spacial score (nSPS) is 10.8. The minimum absolute atomic E-state index is 0.351. The maximum atomic E-state index is 12.2. The number of pyridine rings is 1. The van der Waals surface area contributed by atoms with Gasteiger partial charge in [-0.3, -0.25) is 10.1 Å². The summed E-state index contributed by atoms with van der Waals surface area (Å²) in [5, 5.41) is 7.15. The number of nitrogens with one attached hydrogen (secondary N) is 1. The lowest BCUT2D eigenvalue weighted by Gasteiger charge is -2.04. The van der Waals surface area contributed by atoms with Crippen molar-refractivity contribution in [2.24, 2.45) is 0 Å². The summed E-state index contributed by atoms with van der Waals surface area (Å²) in [4.78, 5) is 25.5. The molecule has 0 fully saturated rings. The maximum Gasteiger partial charge on any atom is 0.350 e. The van der Waals surface area contributed by atoms with E-state index in [0.29, 0.717) is 28.0 Å². The standard InChI is InChI=1S/C16H17N5O2S/c1-10-5-3-6-12(19-10)7-4-8-23-16(22)13-11(2)20-15(24-13)14-17-9-18-21-14/h3,5-6,9H,4,7-8H2,1-2H3,(H,17,18,21). The number of esters is 1. The summed E-state index contributed by atoms with van der Waals surface area (Å²) in [6.45, 7) is 4.09. The minimum Gasteiger partial charge on any atom is -0.461 e. The number of thiazole rings is 1. The first kappa shape index (κ1) is 16.3. The molecule has 0 spiro atoms. The van der Waals surface area contributed by atoms with Crippen LogP contribution in [0, 0.1) is 13.8 Å². The first-order valence-electron chi connectivity index (χ1n) is 7.56. The van der Waals surface area contributed by atoms with Crippen LogP contribution in [0.2, 0.25) is 0 Å². The van der Waals surface area contributed by atoms with E-state index in [1.807, 2.05) is 25.1 Å². The highest BCUT2D eigenvalue weighted by molar-refractivity contribution is 7.16. The molecular weight excluding hydrogens is 326 g/mol. The Kier molecular flexibility index (Phi) is 4.95. The summed E-state index contributed by atoms with van der Waals surface area (Å²) in [5.41, 5.74) is 2.63. The number of carbonyl (C=O) groups is 1. The molecule has 3 aromatic heterocycles. The quantitative estimate of drug-likeness (QED) is 0.546. The van der Waals surface area contributed by atoms with Crippen molar-refractivity contribution >= 4 is 17.3 Å². The Morgan fingerprint density at radius 1 is 1.29 bits per heavy atom. The zero-order valence-electron chi connectivity index (χ0n) is 13.4. The van der Waals surface area contributed by atoms with E-state index in [2.05, 4.69) is 25.1 Å². The summed E-state index contributed by atoms with van der Waals surface area (Å²) in [7, 11) is 0. The van der Waals surface area contributed by atoms with Gasteiger partial charge in [-0.2, -0.15) is 5.10 Å². The van der Waals surface area contributed by atoms with Gasteiger partial charge >= 0.3 is 5.97 Å². The third kappa shape index (κ3) is 3.83. The number of hydrogen-bond donors (Lipinski definition) is 1. The van der Waals surface area contributed by atoms with Crippen LogP contribution in [0.3, 0.4) is 0 Å².